The first kappa shape index (κ1) is 23.2. The van der Waals surface area contributed by atoms with E-state index in [1.165, 1.54) is 41.4 Å². The zero-order valence-corrected chi connectivity index (χ0v) is 24.1. The van der Waals surface area contributed by atoms with Gasteiger partial charge in [-0.3, -0.25) is 9.78 Å². The van der Waals surface area contributed by atoms with Crippen LogP contribution in [0.1, 0.15) is 50.4 Å². The normalized spacial score (nSPS) is 17.9. The fourth-order valence-corrected chi connectivity index (χ4v) is 5.58. The minimum absolute atomic E-state index is 0.00317. The van der Waals surface area contributed by atoms with E-state index in [0.717, 1.165) is 4.57 Å². The monoisotopic (exact) mass is 591 g/mol. The lowest BCUT2D eigenvalue weighted by atomic mass is 10.0. The van der Waals surface area contributed by atoms with Crippen molar-refractivity contribution in [3.05, 3.63) is 93.9 Å². The Balaban J connectivity index is 1.85. The molecule has 3 aromatic heterocycles. The Morgan fingerprint density at radius 3 is 2.81 bits per heavy atom. The Morgan fingerprint density at radius 1 is 1.31 bits per heavy atom. The maximum atomic E-state index is 15.4. The van der Waals surface area contributed by atoms with E-state index in [9.17, 15) is 9.59 Å². The van der Waals surface area contributed by atoms with Crippen molar-refractivity contribution in [2.24, 2.45) is 0 Å². The Morgan fingerprint density at radius 2 is 2.12 bits per heavy atom. The molecule has 8 nitrogen and oxygen atoms in total. The third-order valence-corrected chi connectivity index (χ3v) is 7.63. The number of rotatable bonds is 6. The first-order valence-electron chi connectivity index (χ1n) is 15.9. The van der Waals surface area contributed by atoms with Gasteiger partial charge in [0.1, 0.15) is 11.6 Å². The number of carbonyl (C=O) groups is 1. The molecule has 42 heavy (non-hydrogen) atoms. The van der Waals surface area contributed by atoms with E-state index in [1.807, 2.05) is 20.8 Å². The van der Waals surface area contributed by atoms with Crippen molar-refractivity contribution < 1.29 is 16.0 Å². The Bertz CT molecular complexity index is 2000. The molecule has 5 rings (SSSR count). The van der Waals surface area contributed by atoms with Crippen LogP contribution in [0.4, 0.5) is 10.2 Å². The van der Waals surface area contributed by atoms with Crippen LogP contribution in [0.5, 0.6) is 0 Å². The predicted molar refractivity (Wildman–Crippen MR) is 166 cm³/mol. The summed E-state index contributed by atoms with van der Waals surface area (Å²) in [6.45, 7) is 7.82. The van der Waals surface area contributed by atoms with Gasteiger partial charge in [-0.05, 0) is 55.1 Å². The number of piperazine rings is 1. The number of anilines is 1. The van der Waals surface area contributed by atoms with E-state index in [0.29, 0.717) is 17.8 Å². The molecule has 216 valence electrons. The second-order valence-electron chi connectivity index (χ2n) is 10.3. The number of benzene rings is 1. The summed E-state index contributed by atoms with van der Waals surface area (Å²) < 4.78 is 56.5. The average molecular weight is 592 g/mol. The summed E-state index contributed by atoms with van der Waals surface area (Å²) in [7, 11) is 0. The number of carbonyl (C=O) groups excluding carboxylic acids is 1. The molecule has 1 fully saturated rings. The van der Waals surface area contributed by atoms with Gasteiger partial charge in [-0.2, -0.15) is 4.98 Å². The molecule has 1 atom stereocenters. The topological polar surface area (TPSA) is 84.2 Å². The van der Waals surface area contributed by atoms with E-state index in [4.69, 9.17) is 23.4 Å². The van der Waals surface area contributed by atoms with Gasteiger partial charge in [0, 0.05) is 41.5 Å². The molecule has 0 N–H and O–H groups in total. The van der Waals surface area contributed by atoms with Crippen LogP contribution in [0.2, 0.25) is 5.02 Å². The molecule has 10 heteroatoms. The van der Waals surface area contributed by atoms with Crippen molar-refractivity contribution >= 4 is 40.4 Å². The lowest BCUT2D eigenvalue weighted by Gasteiger charge is -2.40. The molecule has 4 heterocycles. The second-order valence-corrected chi connectivity index (χ2v) is 10.7. The Hall–Kier alpha value is -4.37. The molecule has 0 unspecified atom stereocenters. The first-order valence-corrected chi connectivity index (χ1v) is 13.7. The van der Waals surface area contributed by atoms with Crippen LogP contribution in [-0.2, 0) is 4.79 Å². The number of fused-ring (bicyclic) bond motifs is 1. The third-order valence-electron chi connectivity index (χ3n) is 7.34. The zero-order valence-electron chi connectivity index (χ0n) is 28.4. The molecule has 1 aliphatic rings. The van der Waals surface area contributed by atoms with Gasteiger partial charge in [0.2, 0.25) is 5.91 Å². The number of halogens is 2. The SMILES string of the molecule is [2H]C=C([2H])C(=O)N1CCN(c2nc(=O)n(-c3c(C([2H])([2H])[2H])ccnc3C(C)C)c3nc(-c4c(F)cccc4C=C)c(Cl)cc23)[C@@H](C)C1. The number of pyridine rings is 2. The van der Waals surface area contributed by atoms with Crippen molar-refractivity contribution in [1.29, 1.82) is 0 Å². The Labute approximate surface area is 255 Å². The lowest BCUT2D eigenvalue weighted by Crippen LogP contribution is -2.54. The summed E-state index contributed by atoms with van der Waals surface area (Å²) in [5.41, 5.74) is -0.218. The third kappa shape index (κ3) is 4.98. The molecule has 0 aliphatic carbocycles. The quantitative estimate of drug-likeness (QED) is 0.258. The van der Waals surface area contributed by atoms with Crippen LogP contribution < -0.4 is 10.6 Å². The molecule has 1 saturated heterocycles. The minimum atomic E-state index is -2.65. The van der Waals surface area contributed by atoms with Crippen molar-refractivity contribution in [3.8, 4) is 16.9 Å². The Kier molecular flexibility index (Phi) is 6.35. The summed E-state index contributed by atoms with van der Waals surface area (Å²) in [5, 5.41) is 0.329. The maximum absolute atomic E-state index is 15.4. The molecule has 4 aromatic rings. The van der Waals surface area contributed by atoms with E-state index in [2.05, 4.69) is 16.5 Å². The van der Waals surface area contributed by atoms with Gasteiger partial charge in [-0.15, -0.1) is 0 Å². The van der Waals surface area contributed by atoms with Gasteiger partial charge in [0.25, 0.3) is 0 Å². The standard InChI is InChI=1S/C32H32ClFN6O2/c1-7-21-10-9-11-24(34)26(21)28-23(33)16-22-30(39-15-14-38(17-20(39)6)25(41)8-2)37-32(42)40(31(22)36-28)29-19(5)12-13-35-27(29)18(3)4/h7-13,16,18,20H,1-2,14-15,17H2,3-6H3/t20-/m0/s1/i2D,5D3,8D. The number of nitrogens with zero attached hydrogens (tertiary/aromatic N) is 6. The van der Waals surface area contributed by atoms with Gasteiger partial charge in [-0.25, -0.2) is 18.7 Å². The summed E-state index contributed by atoms with van der Waals surface area (Å²) in [6.07, 6.45) is 2.83. The van der Waals surface area contributed by atoms with Crippen LogP contribution in [0.25, 0.3) is 34.1 Å². The van der Waals surface area contributed by atoms with E-state index in [-0.39, 0.29) is 69.9 Å². The number of aryl methyl sites for hydroxylation is 1. The highest BCUT2D eigenvalue weighted by molar-refractivity contribution is 6.34. The minimum Gasteiger partial charge on any atom is -0.350 e. The smallest absolute Gasteiger partial charge is 0.350 e. The molecule has 0 bridgehead atoms. The lowest BCUT2D eigenvalue weighted by molar-refractivity contribution is -0.126. The molecule has 1 aromatic carbocycles. The molecule has 1 aliphatic heterocycles. The van der Waals surface area contributed by atoms with Gasteiger partial charge >= 0.3 is 5.69 Å². The van der Waals surface area contributed by atoms with E-state index < -0.39 is 36.4 Å². The number of hydrogen-bond acceptors (Lipinski definition) is 6. The number of aromatic nitrogens is 4. The van der Waals surface area contributed by atoms with Crippen LogP contribution in [0, 0.1) is 12.7 Å². The highest BCUT2D eigenvalue weighted by Gasteiger charge is 2.30. The average Bonchev–Trinajstić information content (AvgIpc) is 3.03. The summed E-state index contributed by atoms with van der Waals surface area (Å²) in [6, 6.07) is 6.41. The van der Waals surface area contributed by atoms with Crippen molar-refractivity contribution in [1.82, 2.24) is 24.4 Å². The van der Waals surface area contributed by atoms with Crippen molar-refractivity contribution in [3.63, 3.8) is 0 Å². The molecule has 0 radical (unpaired) electrons. The second kappa shape index (κ2) is 11.5. The maximum Gasteiger partial charge on any atom is 0.355 e. The molecule has 0 saturated carbocycles. The number of hydrogen-bond donors (Lipinski definition) is 0. The fraction of sp³-hybridized carbons (Fsp3) is 0.281. The van der Waals surface area contributed by atoms with Crippen LogP contribution >= 0.6 is 11.6 Å². The van der Waals surface area contributed by atoms with E-state index >= 15 is 4.39 Å². The van der Waals surface area contributed by atoms with Crippen LogP contribution in [0.3, 0.4) is 0 Å². The molecular weight excluding hydrogens is 555 g/mol. The van der Waals surface area contributed by atoms with Gasteiger partial charge in [0.05, 0.1) is 30.2 Å². The van der Waals surface area contributed by atoms with Gasteiger partial charge in [-0.1, -0.05) is 56.8 Å². The fourth-order valence-electron chi connectivity index (χ4n) is 5.34. The predicted octanol–water partition coefficient (Wildman–Crippen LogP) is 5.93. The molecule has 0 spiro atoms. The van der Waals surface area contributed by atoms with Gasteiger partial charge in [0.15, 0.2) is 5.65 Å². The van der Waals surface area contributed by atoms with Crippen LogP contribution in [-0.4, -0.2) is 56.0 Å². The summed E-state index contributed by atoms with van der Waals surface area (Å²) in [4.78, 5) is 43.8. The summed E-state index contributed by atoms with van der Waals surface area (Å²) >= 11 is 6.83. The zero-order chi connectivity index (χ0) is 34.4. The van der Waals surface area contributed by atoms with E-state index in [1.54, 1.807) is 11.0 Å². The number of amides is 1. The summed E-state index contributed by atoms with van der Waals surface area (Å²) in [5.74, 6) is -1.35. The molecular formula is C32H32ClFN6O2. The van der Waals surface area contributed by atoms with Crippen LogP contribution in [0.15, 0.2) is 60.5 Å². The first-order chi connectivity index (χ1) is 22.2. The largest absolute Gasteiger partial charge is 0.355 e. The molecule has 1 amide bonds. The highest BCUT2D eigenvalue weighted by atomic mass is 35.5. The van der Waals surface area contributed by atoms with Crippen molar-refractivity contribution in [2.75, 3.05) is 24.5 Å². The van der Waals surface area contributed by atoms with Crippen molar-refractivity contribution in [2.45, 2.75) is 39.6 Å². The highest BCUT2D eigenvalue weighted by Crippen LogP contribution is 2.37. The van der Waals surface area contributed by atoms with Gasteiger partial charge < -0.3 is 9.80 Å².